The van der Waals surface area contributed by atoms with Crippen molar-refractivity contribution in [3.05, 3.63) is 18.2 Å². The summed E-state index contributed by atoms with van der Waals surface area (Å²) >= 11 is 0. The van der Waals surface area contributed by atoms with Crippen molar-refractivity contribution in [1.82, 2.24) is 4.31 Å². The molecule has 2 heterocycles. The Balaban J connectivity index is 1.90. The van der Waals surface area contributed by atoms with Crippen LogP contribution in [0.2, 0.25) is 0 Å². The minimum absolute atomic E-state index is 0.130. The maximum atomic E-state index is 12.9. The fourth-order valence-electron chi connectivity index (χ4n) is 3.14. The summed E-state index contributed by atoms with van der Waals surface area (Å²) in [5.41, 5.74) is 0.362. The summed E-state index contributed by atoms with van der Waals surface area (Å²) < 4.78 is 37.3. The van der Waals surface area contributed by atoms with Gasteiger partial charge in [-0.25, -0.2) is 8.42 Å². The van der Waals surface area contributed by atoms with Gasteiger partial charge in [-0.05, 0) is 25.0 Å². The van der Waals surface area contributed by atoms with Crippen LogP contribution in [0.15, 0.2) is 23.1 Å². The Kier molecular flexibility index (Phi) is 5.47. The van der Waals surface area contributed by atoms with Gasteiger partial charge in [0.1, 0.15) is 12.3 Å². The third-order valence-corrected chi connectivity index (χ3v) is 6.49. The van der Waals surface area contributed by atoms with Gasteiger partial charge < -0.3 is 9.47 Å². The predicted octanol–water partition coefficient (Wildman–Crippen LogP) is 1.15. The van der Waals surface area contributed by atoms with E-state index in [4.69, 9.17) is 4.74 Å². The van der Waals surface area contributed by atoms with E-state index in [9.17, 15) is 18.0 Å². The molecule has 0 spiro atoms. The molecule has 2 aliphatic heterocycles. The van der Waals surface area contributed by atoms with E-state index >= 15 is 0 Å². The van der Waals surface area contributed by atoms with Crippen LogP contribution in [0.3, 0.4) is 0 Å². The summed E-state index contributed by atoms with van der Waals surface area (Å²) in [5.74, 6) is -0.678. The van der Waals surface area contributed by atoms with Crippen molar-refractivity contribution in [2.45, 2.75) is 30.6 Å². The Bertz CT molecular complexity index is 799. The van der Waals surface area contributed by atoms with E-state index in [1.165, 1.54) is 34.5 Å². The summed E-state index contributed by atoms with van der Waals surface area (Å²) in [6, 6.07) is 4.37. The Morgan fingerprint density at radius 3 is 2.54 bits per heavy atom. The quantitative estimate of drug-likeness (QED) is 0.725. The van der Waals surface area contributed by atoms with Crippen molar-refractivity contribution < 1.29 is 27.5 Å². The highest BCUT2D eigenvalue weighted by molar-refractivity contribution is 7.89. The van der Waals surface area contributed by atoms with Crippen LogP contribution in [0.4, 0.5) is 5.69 Å². The van der Waals surface area contributed by atoms with Crippen molar-refractivity contribution in [2.75, 3.05) is 38.3 Å². The number of esters is 1. The number of ether oxygens (including phenoxy) is 2. The standard InChI is InChI=1S/C17H22N2O6S/c1-24-17(21)11-19-14-7-6-13(10-15(14)25-12-16(19)20)26(22,23)18-8-4-2-3-5-9-18/h6-7,10H,2-5,8-9,11-12H2,1H3. The number of benzene rings is 1. The maximum Gasteiger partial charge on any atom is 0.325 e. The van der Waals surface area contributed by atoms with E-state index in [1.54, 1.807) is 0 Å². The van der Waals surface area contributed by atoms with Gasteiger partial charge in [-0.1, -0.05) is 12.8 Å². The van der Waals surface area contributed by atoms with Gasteiger partial charge in [0, 0.05) is 19.2 Å². The molecule has 9 heteroatoms. The minimum atomic E-state index is -3.62. The molecule has 1 fully saturated rings. The van der Waals surface area contributed by atoms with Crippen LogP contribution in [0.5, 0.6) is 5.75 Å². The summed E-state index contributed by atoms with van der Waals surface area (Å²) in [5, 5.41) is 0. The molecule has 1 aromatic carbocycles. The molecule has 1 saturated heterocycles. The van der Waals surface area contributed by atoms with Crippen LogP contribution in [0.1, 0.15) is 25.7 Å². The third-order valence-electron chi connectivity index (χ3n) is 4.59. The molecule has 3 rings (SSSR count). The van der Waals surface area contributed by atoms with E-state index in [2.05, 4.69) is 4.74 Å². The molecular weight excluding hydrogens is 360 g/mol. The van der Waals surface area contributed by atoms with Gasteiger partial charge in [0.15, 0.2) is 6.61 Å². The first-order valence-electron chi connectivity index (χ1n) is 8.57. The number of fused-ring (bicyclic) bond motifs is 1. The lowest BCUT2D eigenvalue weighted by molar-refractivity contribution is -0.140. The highest BCUT2D eigenvalue weighted by atomic mass is 32.2. The van der Waals surface area contributed by atoms with Crippen molar-refractivity contribution >= 4 is 27.6 Å². The van der Waals surface area contributed by atoms with Crippen molar-refractivity contribution in [1.29, 1.82) is 0 Å². The maximum absolute atomic E-state index is 12.9. The van der Waals surface area contributed by atoms with Crippen LogP contribution in [-0.4, -0.2) is 58.0 Å². The number of carbonyl (C=O) groups is 2. The van der Waals surface area contributed by atoms with Gasteiger partial charge in [-0.2, -0.15) is 4.31 Å². The minimum Gasteiger partial charge on any atom is -0.482 e. The molecule has 1 amide bonds. The van der Waals surface area contributed by atoms with Crippen LogP contribution >= 0.6 is 0 Å². The lowest BCUT2D eigenvalue weighted by Gasteiger charge is -2.29. The second-order valence-electron chi connectivity index (χ2n) is 6.29. The average Bonchev–Trinajstić information content (AvgIpc) is 2.93. The van der Waals surface area contributed by atoms with Gasteiger partial charge in [0.25, 0.3) is 5.91 Å². The summed E-state index contributed by atoms with van der Waals surface area (Å²) in [4.78, 5) is 25.0. The Labute approximate surface area is 152 Å². The molecule has 0 aliphatic carbocycles. The second-order valence-corrected chi connectivity index (χ2v) is 8.23. The lowest BCUT2D eigenvalue weighted by Crippen LogP contribution is -2.42. The van der Waals surface area contributed by atoms with E-state index in [-0.39, 0.29) is 29.7 Å². The molecular formula is C17H22N2O6S. The van der Waals surface area contributed by atoms with E-state index in [1.807, 2.05) is 0 Å². The first-order chi connectivity index (χ1) is 12.4. The van der Waals surface area contributed by atoms with Crippen molar-refractivity contribution in [3.8, 4) is 5.75 Å². The largest absolute Gasteiger partial charge is 0.482 e. The smallest absolute Gasteiger partial charge is 0.325 e. The monoisotopic (exact) mass is 382 g/mol. The fourth-order valence-corrected chi connectivity index (χ4v) is 4.68. The normalized spacial score (nSPS) is 18.7. The zero-order valence-corrected chi connectivity index (χ0v) is 15.5. The molecule has 26 heavy (non-hydrogen) atoms. The van der Waals surface area contributed by atoms with Crippen LogP contribution in [0, 0.1) is 0 Å². The van der Waals surface area contributed by atoms with Gasteiger partial charge >= 0.3 is 5.97 Å². The van der Waals surface area contributed by atoms with Crippen molar-refractivity contribution in [2.24, 2.45) is 0 Å². The van der Waals surface area contributed by atoms with Crippen molar-refractivity contribution in [3.63, 3.8) is 0 Å². The Morgan fingerprint density at radius 2 is 1.88 bits per heavy atom. The molecule has 0 aromatic heterocycles. The number of anilines is 1. The molecule has 0 unspecified atom stereocenters. The lowest BCUT2D eigenvalue weighted by atomic mass is 10.2. The number of hydrogen-bond acceptors (Lipinski definition) is 6. The van der Waals surface area contributed by atoms with Gasteiger partial charge in [0.05, 0.1) is 17.7 Å². The molecule has 0 radical (unpaired) electrons. The predicted molar refractivity (Wildman–Crippen MR) is 93.5 cm³/mol. The molecule has 0 bridgehead atoms. The highest BCUT2D eigenvalue weighted by Crippen LogP contribution is 2.35. The van der Waals surface area contributed by atoms with Gasteiger partial charge in [0.2, 0.25) is 10.0 Å². The topological polar surface area (TPSA) is 93.2 Å². The van der Waals surface area contributed by atoms with E-state index in [0.29, 0.717) is 18.8 Å². The molecule has 142 valence electrons. The molecule has 0 atom stereocenters. The SMILES string of the molecule is COC(=O)CN1C(=O)COc2cc(S(=O)(=O)N3CCCCCC3)ccc21. The second kappa shape index (κ2) is 7.63. The third kappa shape index (κ3) is 3.68. The first kappa shape index (κ1) is 18.7. The average molecular weight is 382 g/mol. The van der Waals surface area contributed by atoms with Crippen LogP contribution in [-0.2, 0) is 24.3 Å². The number of amides is 1. The molecule has 8 nitrogen and oxygen atoms in total. The van der Waals surface area contributed by atoms with Crippen LogP contribution in [0.25, 0.3) is 0 Å². The summed E-state index contributed by atoms with van der Waals surface area (Å²) in [6.45, 7) is 0.515. The summed E-state index contributed by atoms with van der Waals surface area (Å²) in [6.07, 6.45) is 3.76. The number of nitrogens with zero attached hydrogens (tertiary/aromatic N) is 2. The molecule has 0 saturated carbocycles. The molecule has 1 aromatic rings. The molecule has 0 N–H and O–H groups in total. The first-order valence-corrected chi connectivity index (χ1v) is 10.0. The summed E-state index contributed by atoms with van der Waals surface area (Å²) in [7, 11) is -2.38. The zero-order valence-electron chi connectivity index (χ0n) is 14.6. The number of methoxy groups -OCH3 is 1. The Hall–Kier alpha value is -2.13. The fraction of sp³-hybridized carbons (Fsp3) is 0.529. The number of carbonyl (C=O) groups excluding carboxylic acids is 2. The number of sulfonamides is 1. The number of hydrogen-bond donors (Lipinski definition) is 0. The Morgan fingerprint density at radius 1 is 1.19 bits per heavy atom. The molecule has 2 aliphatic rings. The van der Waals surface area contributed by atoms with Crippen LogP contribution < -0.4 is 9.64 Å². The van der Waals surface area contributed by atoms with E-state index < -0.39 is 16.0 Å². The number of rotatable bonds is 4. The van der Waals surface area contributed by atoms with Gasteiger partial charge in [-0.3, -0.25) is 14.5 Å². The van der Waals surface area contributed by atoms with E-state index in [0.717, 1.165) is 25.7 Å². The van der Waals surface area contributed by atoms with Gasteiger partial charge in [-0.15, -0.1) is 0 Å². The zero-order chi connectivity index (χ0) is 18.7. The highest BCUT2D eigenvalue weighted by Gasteiger charge is 2.31.